The quantitative estimate of drug-likeness (QED) is 0.160. The average Bonchev–Trinajstić information content (AvgIpc) is 2.75. The van der Waals surface area contributed by atoms with Gasteiger partial charge in [-0.15, -0.1) is 0 Å². The van der Waals surface area contributed by atoms with Gasteiger partial charge in [0.25, 0.3) is 5.91 Å². The number of anilines is 1. The maximum absolute atomic E-state index is 13.0. The van der Waals surface area contributed by atoms with Gasteiger partial charge in [-0.05, 0) is 23.8 Å². The molecule has 0 aliphatic heterocycles. The van der Waals surface area contributed by atoms with Gasteiger partial charge < -0.3 is 0 Å². The smallest absolute Gasteiger partial charge is 0.282 e. The number of hydrazine groups is 1. The third-order valence-electron chi connectivity index (χ3n) is 3.80. The third-order valence-corrected chi connectivity index (χ3v) is 4.04. The Labute approximate surface area is 193 Å². The van der Waals surface area contributed by atoms with Crippen molar-refractivity contribution in [1.29, 1.82) is 5.41 Å². The van der Waals surface area contributed by atoms with Crippen LogP contribution in [0.2, 0.25) is 0 Å². The van der Waals surface area contributed by atoms with Gasteiger partial charge in [-0.1, -0.05) is 18.2 Å². The first-order valence-corrected chi connectivity index (χ1v) is 9.42. The highest BCUT2D eigenvalue weighted by Crippen LogP contribution is 2.36. The first-order chi connectivity index (χ1) is 15.8. The zero-order chi connectivity index (χ0) is 25.5. The minimum atomic E-state index is -5.05. The van der Waals surface area contributed by atoms with Gasteiger partial charge in [-0.2, -0.15) is 26.3 Å². The maximum Gasteiger partial charge on any atom is 0.416 e. The number of amidine groups is 1. The summed E-state index contributed by atoms with van der Waals surface area (Å²) in [5.41, 5.74) is 1.06. The number of hydrogen-bond donors (Lipinski definition) is 3. The zero-order valence-electron chi connectivity index (χ0n) is 16.9. The summed E-state index contributed by atoms with van der Waals surface area (Å²) in [6, 6.07) is 0.728. The predicted molar refractivity (Wildman–Crippen MR) is 113 cm³/mol. The number of amides is 1. The molecule has 0 atom stereocenters. The monoisotopic (exact) mass is 504 g/mol. The van der Waals surface area contributed by atoms with Crippen molar-refractivity contribution in [1.82, 2.24) is 15.4 Å². The van der Waals surface area contributed by atoms with E-state index in [0.29, 0.717) is 12.1 Å². The van der Waals surface area contributed by atoms with Gasteiger partial charge in [0.05, 0.1) is 17.3 Å². The molecule has 3 N–H and O–H groups in total. The number of rotatable bonds is 7. The van der Waals surface area contributed by atoms with Crippen LogP contribution in [0.5, 0.6) is 0 Å². The van der Waals surface area contributed by atoms with Crippen molar-refractivity contribution in [3.05, 3.63) is 76.7 Å². The lowest BCUT2D eigenvalue weighted by Gasteiger charge is -2.13. The molecule has 2 aromatic rings. The lowest BCUT2D eigenvalue weighted by Crippen LogP contribution is -2.28. The number of nitrogens with zero attached hydrogens (tertiary/aromatic N) is 3. The van der Waals surface area contributed by atoms with E-state index >= 15 is 0 Å². The number of aromatic nitrogens is 2. The van der Waals surface area contributed by atoms with Crippen LogP contribution in [0.15, 0.2) is 65.0 Å². The van der Waals surface area contributed by atoms with Crippen molar-refractivity contribution in [2.45, 2.75) is 18.8 Å². The van der Waals surface area contributed by atoms with E-state index in [2.05, 4.69) is 32.4 Å². The van der Waals surface area contributed by atoms with Crippen molar-refractivity contribution in [2.24, 2.45) is 4.99 Å². The van der Waals surface area contributed by atoms with Crippen LogP contribution in [-0.2, 0) is 17.1 Å². The van der Waals surface area contributed by atoms with E-state index < -0.39 is 40.8 Å². The largest absolute Gasteiger partial charge is 0.416 e. The molecule has 0 bridgehead atoms. The number of carbonyl (C=O) groups excluding carboxylic acids is 1. The second-order valence-corrected chi connectivity index (χ2v) is 7.02. The molecule has 0 radical (unpaired) electrons. The van der Waals surface area contributed by atoms with Crippen LogP contribution in [0.1, 0.15) is 23.1 Å². The normalized spacial score (nSPS) is 12.5. The van der Waals surface area contributed by atoms with E-state index in [0.717, 1.165) is 12.3 Å². The summed E-state index contributed by atoms with van der Waals surface area (Å²) in [7, 11) is 0. The van der Waals surface area contributed by atoms with Crippen molar-refractivity contribution < 1.29 is 31.1 Å². The minimum absolute atomic E-state index is 0.0140. The number of benzene rings is 1. The number of aliphatic imine (C=N–C) groups is 1. The van der Waals surface area contributed by atoms with Crippen LogP contribution in [-0.4, -0.2) is 27.9 Å². The van der Waals surface area contributed by atoms with Crippen molar-refractivity contribution >= 4 is 35.4 Å². The molecule has 7 nitrogen and oxygen atoms in total. The van der Waals surface area contributed by atoms with E-state index in [4.69, 9.17) is 17.0 Å². The van der Waals surface area contributed by atoms with E-state index in [9.17, 15) is 31.1 Å². The van der Waals surface area contributed by atoms with Crippen LogP contribution in [0.25, 0.3) is 0 Å². The van der Waals surface area contributed by atoms with Gasteiger partial charge in [0.1, 0.15) is 0 Å². The Hall–Kier alpha value is -3.74. The molecule has 34 heavy (non-hydrogen) atoms. The zero-order valence-corrected chi connectivity index (χ0v) is 17.7. The van der Waals surface area contributed by atoms with E-state index in [1.54, 1.807) is 0 Å². The number of carbonyl (C=O) groups is 1. The van der Waals surface area contributed by atoms with Crippen LogP contribution in [0, 0.1) is 5.41 Å². The van der Waals surface area contributed by atoms with E-state index in [1.807, 2.05) is 0 Å². The van der Waals surface area contributed by atoms with Crippen molar-refractivity contribution in [3.8, 4) is 0 Å². The Morgan fingerprint density at radius 3 is 2.26 bits per heavy atom. The molecule has 180 valence electrons. The number of alkyl halides is 6. The lowest BCUT2D eigenvalue weighted by atomic mass is 10.0. The van der Waals surface area contributed by atoms with Gasteiger partial charge in [-0.3, -0.25) is 26.0 Å². The standard InChI is InChI=1S/C20H15ClF6N6O/c1-11(4-15(21)8-17(34)33-32-16-10-29-2-3-30-16)9-31-18(28)12-5-13(19(22,23)24)7-14(6-12)20(25,26)27/h2-3,5-10,28H,1,4H2,(H,30,32)(H,33,34)/b15-8+,28-18?,31-9-. The SMILES string of the molecule is C=C(/C=N\C(=N)c1cc(C(F)(F)F)cc(C(F)(F)F)c1)C/C(Cl)=C\C(=O)NNc1cnccn1. The Kier molecular flexibility index (Phi) is 8.51. The number of halogens is 7. The summed E-state index contributed by atoms with van der Waals surface area (Å²) in [5.74, 6) is -1.25. The topological polar surface area (TPSA) is 103 Å². The number of nitrogens with one attached hydrogen (secondary N) is 3. The molecule has 1 aromatic heterocycles. The summed E-state index contributed by atoms with van der Waals surface area (Å²) < 4.78 is 77.7. The highest BCUT2D eigenvalue weighted by Gasteiger charge is 2.37. The van der Waals surface area contributed by atoms with Crippen molar-refractivity contribution in [3.63, 3.8) is 0 Å². The molecule has 1 amide bonds. The van der Waals surface area contributed by atoms with Gasteiger partial charge in [0.15, 0.2) is 11.7 Å². The van der Waals surface area contributed by atoms with Gasteiger partial charge in [-0.25, -0.2) is 9.98 Å². The van der Waals surface area contributed by atoms with Gasteiger partial charge >= 0.3 is 12.4 Å². The second kappa shape index (κ2) is 10.9. The molecular formula is C20H15ClF6N6O. The first kappa shape index (κ1) is 26.5. The molecule has 0 unspecified atom stereocenters. The lowest BCUT2D eigenvalue weighted by molar-refractivity contribution is -0.143. The Morgan fingerprint density at radius 1 is 1.12 bits per heavy atom. The average molecular weight is 505 g/mol. The Morgan fingerprint density at radius 2 is 1.74 bits per heavy atom. The fraction of sp³-hybridized carbons (Fsp3) is 0.150. The van der Waals surface area contributed by atoms with Crippen LogP contribution in [0.3, 0.4) is 0 Å². The summed E-state index contributed by atoms with van der Waals surface area (Å²) in [6.45, 7) is 3.58. The number of hydrogen-bond acceptors (Lipinski definition) is 5. The van der Waals surface area contributed by atoms with Crippen LogP contribution >= 0.6 is 11.6 Å². The molecule has 0 saturated carbocycles. The highest BCUT2D eigenvalue weighted by molar-refractivity contribution is 6.31. The highest BCUT2D eigenvalue weighted by atomic mass is 35.5. The van der Waals surface area contributed by atoms with Crippen LogP contribution in [0.4, 0.5) is 32.2 Å². The molecule has 1 aromatic carbocycles. The summed E-state index contributed by atoms with van der Waals surface area (Å²) in [5, 5.41) is 7.74. The fourth-order valence-electron chi connectivity index (χ4n) is 2.30. The summed E-state index contributed by atoms with van der Waals surface area (Å²) >= 11 is 5.94. The van der Waals surface area contributed by atoms with Gasteiger partial charge in [0, 0.05) is 41.7 Å². The molecule has 14 heteroatoms. The molecular weight excluding hydrogens is 490 g/mol. The molecule has 0 fully saturated rings. The molecule has 1 heterocycles. The number of allylic oxidation sites excluding steroid dienone is 2. The molecule has 0 aliphatic carbocycles. The van der Waals surface area contributed by atoms with Crippen LogP contribution < -0.4 is 10.9 Å². The molecule has 2 rings (SSSR count). The van der Waals surface area contributed by atoms with Crippen molar-refractivity contribution in [2.75, 3.05) is 5.43 Å². The Bertz CT molecular complexity index is 1100. The summed E-state index contributed by atoms with van der Waals surface area (Å²) in [6.07, 6.45) is -4.12. The Balaban J connectivity index is 2.04. The van der Waals surface area contributed by atoms with E-state index in [1.165, 1.54) is 18.6 Å². The maximum atomic E-state index is 13.0. The molecule has 0 spiro atoms. The summed E-state index contributed by atoms with van der Waals surface area (Å²) in [4.78, 5) is 23.0. The molecule has 0 saturated heterocycles. The van der Waals surface area contributed by atoms with E-state index in [-0.39, 0.29) is 28.9 Å². The second-order valence-electron chi connectivity index (χ2n) is 6.53. The molecule has 0 aliphatic rings. The minimum Gasteiger partial charge on any atom is -0.282 e. The predicted octanol–water partition coefficient (Wildman–Crippen LogP) is 5.12. The van der Waals surface area contributed by atoms with Gasteiger partial charge in [0.2, 0.25) is 0 Å². The first-order valence-electron chi connectivity index (χ1n) is 9.04. The third kappa shape index (κ3) is 8.31. The fourth-order valence-corrected chi connectivity index (χ4v) is 2.57.